The van der Waals surface area contributed by atoms with Crippen molar-refractivity contribution >= 4 is 23.6 Å². The molecular weight excluding hydrogens is 284 g/mol. The number of urea groups is 1. The van der Waals surface area contributed by atoms with Crippen molar-refractivity contribution < 1.29 is 19.1 Å². The number of nitrogens with one attached hydrogen (secondary N) is 2. The Hall–Kier alpha value is -2.89. The van der Waals surface area contributed by atoms with Gasteiger partial charge in [-0.15, -0.1) is 6.58 Å². The normalized spacial score (nSPS) is 17.0. The van der Waals surface area contributed by atoms with E-state index in [-0.39, 0.29) is 17.6 Å². The molecule has 0 saturated carbocycles. The Kier molecular flexibility index (Phi) is 4.73. The van der Waals surface area contributed by atoms with Gasteiger partial charge in [0.15, 0.2) is 0 Å². The third-order valence-electron chi connectivity index (χ3n) is 3.11. The average molecular weight is 300 g/mol. The molecule has 1 aromatic rings. The van der Waals surface area contributed by atoms with Crippen LogP contribution in [0.15, 0.2) is 54.1 Å². The zero-order valence-electron chi connectivity index (χ0n) is 12.1. The molecule has 1 aliphatic rings. The molecule has 0 saturated heterocycles. The van der Waals surface area contributed by atoms with Gasteiger partial charge in [-0.1, -0.05) is 24.3 Å². The predicted molar refractivity (Wildman–Crippen MR) is 81.0 cm³/mol. The Morgan fingerprint density at radius 1 is 1.32 bits per heavy atom. The second-order valence-electron chi connectivity index (χ2n) is 4.71. The Balaban J connectivity index is 2.09. The molecule has 1 atom stereocenters. The largest absolute Gasteiger partial charge is 0.454 e. The number of hydrogen-bond donors (Lipinski definition) is 2. The summed E-state index contributed by atoms with van der Waals surface area (Å²) in [5.74, 6) is -1.20. The number of anilines is 1. The summed E-state index contributed by atoms with van der Waals surface area (Å²) in [6, 6.07) is 8.04. The van der Waals surface area contributed by atoms with E-state index in [9.17, 15) is 14.4 Å². The van der Waals surface area contributed by atoms with Gasteiger partial charge in [0.1, 0.15) is 6.10 Å². The van der Waals surface area contributed by atoms with Crippen LogP contribution in [0.25, 0.3) is 0 Å². The summed E-state index contributed by atoms with van der Waals surface area (Å²) in [5.41, 5.74) is 0.945. The van der Waals surface area contributed by atoms with Crippen LogP contribution >= 0.6 is 0 Å². The number of allylic oxidation sites excluding steroid dienone is 1. The van der Waals surface area contributed by atoms with Gasteiger partial charge in [0.25, 0.3) is 5.91 Å². The van der Waals surface area contributed by atoms with Gasteiger partial charge in [0.2, 0.25) is 0 Å². The number of rotatable bonds is 4. The summed E-state index contributed by atoms with van der Waals surface area (Å²) in [6.07, 6.45) is 1.03. The molecule has 1 aliphatic heterocycles. The molecule has 0 radical (unpaired) electrons. The molecule has 6 heteroatoms. The Bertz CT molecular complexity index is 649. The minimum atomic E-state index is -0.688. The molecule has 1 heterocycles. The smallest absolute Gasteiger partial charge is 0.335 e. The number of para-hydroxylation sites is 1. The zero-order valence-corrected chi connectivity index (χ0v) is 12.1. The first-order chi connectivity index (χ1) is 10.5. The Morgan fingerprint density at radius 3 is 2.64 bits per heavy atom. The van der Waals surface area contributed by atoms with Crippen molar-refractivity contribution in [1.82, 2.24) is 5.32 Å². The van der Waals surface area contributed by atoms with Gasteiger partial charge in [0.05, 0.1) is 11.1 Å². The molecule has 2 rings (SSSR count). The molecule has 114 valence electrons. The summed E-state index contributed by atoms with van der Waals surface area (Å²) >= 11 is 0. The number of esters is 1. The van der Waals surface area contributed by atoms with Gasteiger partial charge in [-0.25, -0.2) is 9.59 Å². The van der Waals surface area contributed by atoms with Crippen LogP contribution in [-0.2, 0) is 14.3 Å². The van der Waals surface area contributed by atoms with Gasteiger partial charge in [-0.3, -0.25) is 10.1 Å². The van der Waals surface area contributed by atoms with E-state index in [0.717, 1.165) is 0 Å². The summed E-state index contributed by atoms with van der Waals surface area (Å²) in [7, 11) is 0. The molecule has 22 heavy (non-hydrogen) atoms. The predicted octanol–water partition coefficient (Wildman–Crippen LogP) is 2.15. The highest BCUT2D eigenvalue weighted by Crippen LogP contribution is 2.25. The monoisotopic (exact) mass is 300 g/mol. The van der Waals surface area contributed by atoms with Crippen LogP contribution in [0.3, 0.4) is 0 Å². The number of cyclic esters (lactones) is 1. The summed E-state index contributed by atoms with van der Waals surface area (Å²) in [4.78, 5) is 35.7. The van der Waals surface area contributed by atoms with Crippen LogP contribution in [0.1, 0.15) is 13.3 Å². The van der Waals surface area contributed by atoms with Crippen molar-refractivity contribution in [3.05, 3.63) is 54.1 Å². The highest BCUT2D eigenvalue weighted by molar-refractivity contribution is 6.13. The van der Waals surface area contributed by atoms with Crippen molar-refractivity contribution in [2.45, 2.75) is 19.4 Å². The lowest BCUT2D eigenvalue weighted by Gasteiger charge is -2.10. The van der Waals surface area contributed by atoms with Crippen molar-refractivity contribution in [1.29, 1.82) is 0 Å². The van der Waals surface area contributed by atoms with Gasteiger partial charge in [-0.2, -0.15) is 0 Å². The maximum absolute atomic E-state index is 12.2. The van der Waals surface area contributed by atoms with Crippen LogP contribution in [0, 0.1) is 0 Å². The van der Waals surface area contributed by atoms with Gasteiger partial charge >= 0.3 is 12.0 Å². The summed E-state index contributed by atoms with van der Waals surface area (Å²) in [5, 5.41) is 4.73. The third-order valence-corrected chi connectivity index (χ3v) is 3.11. The molecule has 0 fully saturated rings. The van der Waals surface area contributed by atoms with Gasteiger partial charge in [0, 0.05) is 5.69 Å². The number of imide groups is 1. The Morgan fingerprint density at radius 2 is 2.00 bits per heavy atom. The van der Waals surface area contributed by atoms with E-state index in [0.29, 0.717) is 5.69 Å². The number of hydrogen-bond acceptors (Lipinski definition) is 4. The minimum absolute atomic E-state index is 0.160. The molecule has 1 unspecified atom stereocenters. The Labute approximate surface area is 127 Å². The molecule has 1 aromatic carbocycles. The minimum Gasteiger partial charge on any atom is -0.454 e. The second-order valence-corrected chi connectivity index (χ2v) is 4.71. The summed E-state index contributed by atoms with van der Waals surface area (Å²) < 4.78 is 5.01. The van der Waals surface area contributed by atoms with E-state index < -0.39 is 24.0 Å². The second kappa shape index (κ2) is 6.71. The highest BCUT2D eigenvalue weighted by Gasteiger charge is 2.35. The van der Waals surface area contributed by atoms with Crippen LogP contribution < -0.4 is 10.6 Å². The van der Waals surface area contributed by atoms with Crippen LogP contribution in [-0.4, -0.2) is 24.0 Å². The topological polar surface area (TPSA) is 84.5 Å². The van der Waals surface area contributed by atoms with Gasteiger partial charge < -0.3 is 10.1 Å². The van der Waals surface area contributed by atoms with Crippen molar-refractivity contribution in [2.75, 3.05) is 5.32 Å². The van der Waals surface area contributed by atoms with Crippen LogP contribution in [0.5, 0.6) is 0 Å². The first-order valence-corrected chi connectivity index (χ1v) is 6.75. The van der Waals surface area contributed by atoms with E-state index >= 15 is 0 Å². The number of carbonyl (C=O) groups is 3. The van der Waals surface area contributed by atoms with E-state index in [1.54, 1.807) is 31.2 Å². The SMILES string of the molecule is C=CCC1=C(C(=O)NC(=O)Nc2ccccc2)C(C)OC1=O. The lowest BCUT2D eigenvalue weighted by molar-refractivity contribution is -0.139. The molecule has 0 bridgehead atoms. The number of ether oxygens (including phenoxy) is 1. The van der Waals surface area contributed by atoms with E-state index in [1.165, 1.54) is 6.08 Å². The van der Waals surface area contributed by atoms with Crippen molar-refractivity contribution in [2.24, 2.45) is 0 Å². The van der Waals surface area contributed by atoms with E-state index in [1.807, 2.05) is 6.07 Å². The molecule has 6 nitrogen and oxygen atoms in total. The fourth-order valence-corrected chi connectivity index (χ4v) is 2.16. The average Bonchev–Trinajstić information content (AvgIpc) is 2.74. The maximum Gasteiger partial charge on any atom is 0.335 e. The standard InChI is InChI=1S/C16H16N2O4/c1-3-7-12-13(10(2)22-15(12)20)14(19)18-16(21)17-11-8-5-4-6-9-11/h3-6,8-10H,1,7H2,2H3,(H2,17,18,19,21). The molecule has 2 N–H and O–H groups in total. The molecule has 0 aromatic heterocycles. The number of amides is 3. The lowest BCUT2D eigenvalue weighted by Crippen LogP contribution is -2.37. The molecule has 0 spiro atoms. The van der Waals surface area contributed by atoms with Crippen molar-refractivity contribution in [3.63, 3.8) is 0 Å². The first kappa shape index (κ1) is 15.5. The highest BCUT2D eigenvalue weighted by atomic mass is 16.5. The van der Waals surface area contributed by atoms with Crippen LogP contribution in [0.2, 0.25) is 0 Å². The first-order valence-electron chi connectivity index (χ1n) is 6.75. The van der Waals surface area contributed by atoms with E-state index in [2.05, 4.69) is 17.2 Å². The number of benzene rings is 1. The molecule has 3 amide bonds. The van der Waals surface area contributed by atoms with Crippen LogP contribution in [0.4, 0.5) is 10.5 Å². The maximum atomic E-state index is 12.2. The van der Waals surface area contributed by atoms with Crippen molar-refractivity contribution in [3.8, 4) is 0 Å². The summed E-state index contributed by atoms with van der Waals surface area (Å²) in [6.45, 7) is 5.12. The fraction of sp³-hybridized carbons (Fsp3) is 0.188. The molecular formula is C16H16N2O4. The quantitative estimate of drug-likeness (QED) is 0.659. The zero-order chi connectivity index (χ0) is 16.1. The number of carbonyl (C=O) groups excluding carboxylic acids is 3. The molecule has 0 aliphatic carbocycles. The van der Waals surface area contributed by atoms with E-state index in [4.69, 9.17) is 4.74 Å². The third kappa shape index (κ3) is 3.41. The van der Waals surface area contributed by atoms with Gasteiger partial charge in [-0.05, 0) is 25.5 Å². The lowest BCUT2D eigenvalue weighted by atomic mass is 10.0. The fourth-order valence-electron chi connectivity index (χ4n) is 2.16.